The fourth-order valence-corrected chi connectivity index (χ4v) is 4.05. The van der Waals surface area contributed by atoms with E-state index in [1.165, 1.54) is 6.42 Å². The quantitative estimate of drug-likeness (QED) is 0.838. The lowest BCUT2D eigenvalue weighted by Crippen LogP contribution is -2.43. The molecule has 2 aliphatic rings. The van der Waals surface area contributed by atoms with Crippen LogP contribution >= 0.6 is 11.8 Å². The Morgan fingerprint density at radius 3 is 2.94 bits per heavy atom. The van der Waals surface area contributed by atoms with Crippen LogP contribution in [0, 0.1) is 5.92 Å². The first kappa shape index (κ1) is 13.2. The maximum Gasteiger partial charge on any atom is 0.222 e. The van der Waals surface area contributed by atoms with Crippen LogP contribution in [0.5, 0.6) is 0 Å². The van der Waals surface area contributed by atoms with Crippen molar-refractivity contribution in [2.75, 3.05) is 18.8 Å². The fraction of sp³-hybridized carbons (Fsp3) is 0.923. The van der Waals surface area contributed by atoms with E-state index in [0.29, 0.717) is 23.5 Å². The molecule has 3 atom stereocenters. The van der Waals surface area contributed by atoms with Crippen molar-refractivity contribution in [1.29, 1.82) is 0 Å². The number of hydrogen-bond donors (Lipinski definition) is 1. The van der Waals surface area contributed by atoms with Crippen molar-refractivity contribution in [2.24, 2.45) is 11.7 Å². The third-order valence-corrected chi connectivity index (χ3v) is 5.47. The molecule has 0 aromatic rings. The van der Waals surface area contributed by atoms with Crippen LogP contribution < -0.4 is 5.73 Å². The summed E-state index contributed by atoms with van der Waals surface area (Å²) in [5.41, 5.74) is 6.04. The number of thioether (sulfide) groups is 1. The maximum atomic E-state index is 12.2. The zero-order valence-electron chi connectivity index (χ0n) is 10.7. The van der Waals surface area contributed by atoms with Gasteiger partial charge in [0.1, 0.15) is 0 Å². The van der Waals surface area contributed by atoms with Crippen LogP contribution in [-0.4, -0.2) is 40.9 Å². The lowest BCUT2D eigenvalue weighted by molar-refractivity contribution is -0.132. The Morgan fingerprint density at radius 2 is 2.29 bits per heavy atom. The lowest BCUT2D eigenvalue weighted by atomic mass is 9.99. The van der Waals surface area contributed by atoms with Crippen LogP contribution in [0.4, 0.5) is 0 Å². The number of nitrogens with two attached hydrogens (primary N) is 1. The Hall–Kier alpha value is -0.220. The summed E-state index contributed by atoms with van der Waals surface area (Å²) in [6.07, 6.45) is 5.30. The van der Waals surface area contributed by atoms with E-state index in [0.717, 1.165) is 38.1 Å². The second kappa shape index (κ2) is 6.10. The molecule has 17 heavy (non-hydrogen) atoms. The molecule has 98 valence electrons. The van der Waals surface area contributed by atoms with Gasteiger partial charge in [0.25, 0.3) is 0 Å². The highest BCUT2D eigenvalue weighted by Gasteiger charge is 2.29. The topological polar surface area (TPSA) is 46.3 Å². The summed E-state index contributed by atoms with van der Waals surface area (Å²) in [7, 11) is 0. The van der Waals surface area contributed by atoms with Crippen LogP contribution in [0.15, 0.2) is 0 Å². The molecule has 0 spiro atoms. The first-order valence-electron chi connectivity index (χ1n) is 6.85. The Labute approximate surface area is 108 Å². The van der Waals surface area contributed by atoms with Crippen LogP contribution in [-0.2, 0) is 4.79 Å². The summed E-state index contributed by atoms with van der Waals surface area (Å²) in [5, 5.41) is 0.643. The molecule has 1 unspecified atom stereocenters. The second-order valence-corrected chi connectivity index (χ2v) is 6.71. The number of carbonyl (C=O) groups is 1. The molecule has 0 radical (unpaired) electrons. The number of carbonyl (C=O) groups excluding carboxylic acids is 1. The van der Waals surface area contributed by atoms with Gasteiger partial charge in [-0.25, -0.2) is 0 Å². The van der Waals surface area contributed by atoms with E-state index in [2.05, 4.69) is 11.8 Å². The smallest absolute Gasteiger partial charge is 0.222 e. The average molecular weight is 256 g/mol. The third-order valence-electron chi connectivity index (χ3n) is 4.10. The summed E-state index contributed by atoms with van der Waals surface area (Å²) < 4.78 is 0. The molecular formula is C13H24N2OS. The molecule has 1 saturated heterocycles. The van der Waals surface area contributed by atoms with Gasteiger partial charge in [0, 0.05) is 36.6 Å². The Kier molecular flexibility index (Phi) is 4.74. The number of nitrogens with zero attached hydrogens (tertiary/aromatic N) is 1. The van der Waals surface area contributed by atoms with Crippen molar-refractivity contribution in [3.8, 4) is 0 Å². The van der Waals surface area contributed by atoms with E-state index < -0.39 is 0 Å². The van der Waals surface area contributed by atoms with E-state index in [1.54, 1.807) is 0 Å². The standard InChI is InChI=1S/C13H24N2OS/c1-2-11-9-15(6-7-17-11)13(16)8-10-4-3-5-12(10)14/h10-12H,2-9,14H2,1H3/t10-,11?,12+/m0/s1. The SMILES string of the molecule is CCC1CN(C(=O)C[C@@H]2CCC[C@H]2N)CCS1. The molecule has 4 heteroatoms. The van der Waals surface area contributed by atoms with Crippen LogP contribution in [0.2, 0.25) is 0 Å². The fourth-order valence-electron chi connectivity index (χ4n) is 2.87. The first-order chi connectivity index (χ1) is 8.20. The van der Waals surface area contributed by atoms with Crippen molar-refractivity contribution in [2.45, 2.75) is 50.3 Å². The third kappa shape index (κ3) is 3.38. The molecule has 0 aromatic carbocycles. The molecule has 1 aliphatic carbocycles. The zero-order valence-corrected chi connectivity index (χ0v) is 11.5. The predicted octanol–water partition coefficient (Wildman–Crippen LogP) is 1.86. The van der Waals surface area contributed by atoms with Gasteiger partial charge in [0.05, 0.1) is 0 Å². The molecule has 2 rings (SSSR count). The molecule has 0 aromatic heterocycles. The van der Waals surface area contributed by atoms with E-state index in [1.807, 2.05) is 11.8 Å². The van der Waals surface area contributed by atoms with Gasteiger partial charge >= 0.3 is 0 Å². The number of rotatable bonds is 3. The van der Waals surface area contributed by atoms with E-state index in [9.17, 15) is 4.79 Å². The van der Waals surface area contributed by atoms with Gasteiger partial charge in [-0.05, 0) is 25.2 Å². The average Bonchev–Trinajstić information content (AvgIpc) is 2.75. The molecule has 3 nitrogen and oxygen atoms in total. The van der Waals surface area contributed by atoms with Gasteiger partial charge < -0.3 is 10.6 Å². The predicted molar refractivity (Wildman–Crippen MR) is 73.1 cm³/mol. The van der Waals surface area contributed by atoms with Gasteiger partial charge in [-0.1, -0.05) is 13.3 Å². The number of amides is 1. The molecule has 2 N–H and O–H groups in total. The van der Waals surface area contributed by atoms with E-state index >= 15 is 0 Å². The van der Waals surface area contributed by atoms with E-state index in [-0.39, 0.29) is 6.04 Å². The van der Waals surface area contributed by atoms with Crippen molar-refractivity contribution in [3.63, 3.8) is 0 Å². The van der Waals surface area contributed by atoms with Crippen molar-refractivity contribution < 1.29 is 4.79 Å². The highest BCUT2D eigenvalue weighted by Crippen LogP contribution is 2.28. The van der Waals surface area contributed by atoms with Crippen molar-refractivity contribution in [3.05, 3.63) is 0 Å². The zero-order chi connectivity index (χ0) is 12.3. The van der Waals surface area contributed by atoms with E-state index in [4.69, 9.17) is 5.73 Å². The Balaban J connectivity index is 1.82. The monoisotopic (exact) mass is 256 g/mol. The van der Waals surface area contributed by atoms with Gasteiger partial charge in [0.2, 0.25) is 5.91 Å². The number of hydrogen-bond acceptors (Lipinski definition) is 3. The molecule has 1 heterocycles. The van der Waals surface area contributed by atoms with Crippen molar-refractivity contribution in [1.82, 2.24) is 4.90 Å². The summed E-state index contributed by atoms with van der Waals surface area (Å²) in [6, 6.07) is 0.264. The lowest BCUT2D eigenvalue weighted by Gasteiger charge is -2.33. The van der Waals surface area contributed by atoms with Crippen LogP contribution in [0.1, 0.15) is 39.0 Å². The molecular weight excluding hydrogens is 232 g/mol. The summed E-state index contributed by atoms with van der Waals surface area (Å²) in [4.78, 5) is 14.3. The van der Waals surface area contributed by atoms with Crippen molar-refractivity contribution >= 4 is 17.7 Å². The normalized spacial score (nSPS) is 34.0. The van der Waals surface area contributed by atoms with Gasteiger partial charge in [-0.3, -0.25) is 4.79 Å². The van der Waals surface area contributed by atoms with Crippen LogP contribution in [0.25, 0.3) is 0 Å². The van der Waals surface area contributed by atoms with Gasteiger partial charge in [-0.2, -0.15) is 11.8 Å². The summed E-state index contributed by atoms with van der Waals surface area (Å²) in [5.74, 6) is 1.88. The Bertz CT molecular complexity index is 272. The minimum atomic E-state index is 0.264. The summed E-state index contributed by atoms with van der Waals surface area (Å²) >= 11 is 2.01. The molecule has 1 amide bonds. The molecule has 0 bridgehead atoms. The van der Waals surface area contributed by atoms with Gasteiger partial charge in [-0.15, -0.1) is 0 Å². The Morgan fingerprint density at radius 1 is 1.47 bits per heavy atom. The highest BCUT2D eigenvalue weighted by atomic mass is 32.2. The molecule has 1 aliphatic heterocycles. The van der Waals surface area contributed by atoms with Gasteiger partial charge in [0.15, 0.2) is 0 Å². The largest absolute Gasteiger partial charge is 0.341 e. The second-order valence-electron chi connectivity index (χ2n) is 5.30. The first-order valence-corrected chi connectivity index (χ1v) is 7.90. The molecule has 2 fully saturated rings. The maximum absolute atomic E-state index is 12.2. The molecule has 1 saturated carbocycles. The highest BCUT2D eigenvalue weighted by molar-refractivity contribution is 8.00. The minimum Gasteiger partial charge on any atom is -0.341 e. The summed E-state index contributed by atoms with van der Waals surface area (Å²) in [6.45, 7) is 4.09. The van der Waals surface area contributed by atoms with Crippen LogP contribution in [0.3, 0.4) is 0 Å². The minimum absolute atomic E-state index is 0.264.